The molecule has 0 atom stereocenters. The number of hydrogen-bond acceptors (Lipinski definition) is 4. The molecule has 3 rings (SSSR count). The van der Waals surface area contributed by atoms with E-state index in [0.29, 0.717) is 30.4 Å². The summed E-state index contributed by atoms with van der Waals surface area (Å²) >= 11 is 0. The quantitative estimate of drug-likeness (QED) is 0.373. The highest BCUT2D eigenvalue weighted by molar-refractivity contribution is 14.0. The zero-order valence-electron chi connectivity index (χ0n) is 16.8. The van der Waals surface area contributed by atoms with Crippen molar-refractivity contribution in [2.75, 3.05) is 39.3 Å². The number of halogens is 1. The van der Waals surface area contributed by atoms with Gasteiger partial charge in [-0.15, -0.1) is 24.0 Å². The molecule has 2 aromatic carbocycles. The Hall–Kier alpha value is -2.16. The Kier molecular flexibility index (Phi) is 8.22. The molecule has 152 valence electrons. The minimum absolute atomic E-state index is 0. The second kappa shape index (κ2) is 10.4. The number of methoxy groups -OCH3 is 2. The standard InChI is InChI=1S/C21H27N3O3.HI/c1-5-27-20-18(25-3)12-15(13-19(20)26-4)14-23-21(22-2)24-11-10-16-8-6-7-9-17(16)24;/h6-9,12-13H,5,10-11,14H2,1-4H3,(H,22,23);1H. The van der Waals surface area contributed by atoms with Crippen LogP contribution in [0.2, 0.25) is 0 Å². The number of aliphatic imine (C=N–C) groups is 1. The lowest BCUT2D eigenvalue weighted by atomic mass is 10.1. The van der Waals surface area contributed by atoms with Gasteiger partial charge < -0.3 is 24.4 Å². The highest BCUT2D eigenvalue weighted by Gasteiger charge is 2.22. The number of benzene rings is 2. The molecule has 1 heterocycles. The fourth-order valence-corrected chi connectivity index (χ4v) is 3.36. The molecule has 1 aliphatic heterocycles. The van der Waals surface area contributed by atoms with E-state index < -0.39 is 0 Å². The van der Waals surface area contributed by atoms with Crippen LogP contribution in [0.15, 0.2) is 41.4 Å². The molecule has 0 spiro atoms. The Bertz CT molecular complexity index is 801. The third-order valence-electron chi connectivity index (χ3n) is 4.61. The maximum Gasteiger partial charge on any atom is 0.203 e. The smallest absolute Gasteiger partial charge is 0.203 e. The molecule has 28 heavy (non-hydrogen) atoms. The molecule has 0 saturated carbocycles. The predicted molar refractivity (Wildman–Crippen MR) is 124 cm³/mol. The number of hydrogen-bond donors (Lipinski definition) is 1. The Morgan fingerprint density at radius 2 is 1.82 bits per heavy atom. The van der Waals surface area contributed by atoms with Gasteiger partial charge >= 0.3 is 0 Å². The predicted octanol–water partition coefficient (Wildman–Crippen LogP) is 3.86. The minimum atomic E-state index is 0. The van der Waals surface area contributed by atoms with Gasteiger partial charge in [-0.1, -0.05) is 18.2 Å². The fraction of sp³-hybridized carbons (Fsp3) is 0.381. The van der Waals surface area contributed by atoms with Crippen molar-refractivity contribution in [3.8, 4) is 17.2 Å². The minimum Gasteiger partial charge on any atom is -0.493 e. The second-order valence-corrected chi connectivity index (χ2v) is 6.19. The molecule has 6 nitrogen and oxygen atoms in total. The first-order valence-electron chi connectivity index (χ1n) is 9.15. The SMILES string of the molecule is CCOc1c(OC)cc(CNC(=NC)N2CCc3ccccc32)cc1OC.I. The first-order chi connectivity index (χ1) is 13.2. The molecule has 0 saturated heterocycles. The van der Waals surface area contributed by atoms with Gasteiger partial charge in [0.2, 0.25) is 5.75 Å². The Balaban J connectivity index is 0.00000280. The van der Waals surface area contributed by atoms with Gasteiger partial charge in [-0.2, -0.15) is 0 Å². The summed E-state index contributed by atoms with van der Waals surface area (Å²) in [4.78, 5) is 6.68. The summed E-state index contributed by atoms with van der Waals surface area (Å²) in [5, 5.41) is 3.45. The first kappa shape index (κ1) is 22.1. The van der Waals surface area contributed by atoms with E-state index in [1.165, 1.54) is 11.3 Å². The molecular formula is C21H28IN3O3. The summed E-state index contributed by atoms with van der Waals surface area (Å²) in [6, 6.07) is 12.4. The largest absolute Gasteiger partial charge is 0.493 e. The molecular weight excluding hydrogens is 469 g/mol. The Morgan fingerprint density at radius 3 is 2.43 bits per heavy atom. The highest BCUT2D eigenvalue weighted by Crippen LogP contribution is 2.38. The third kappa shape index (κ3) is 4.63. The van der Waals surface area contributed by atoms with Crippen LogP contribution in [0, 0.1) is 0 Å². The zero-order valence-corrected chi connectivity index (χ0v) is 19.2. The van der Waals surface area contributed by atoms with Crippen LogP contribution in [0.3, 0.4) is 0 Å². The van der Waals surface area contributed by atoms with Gasteiger partial charge in [-0.25, -0.2) is 0 Å². The molecule has 7 heteroatoms. The molecule has 2 aromatic rings. The topological polar surface area (TPSA) is 55.3 Å². The molecule has 0 bridgehead atoms. The van der Waals surface area contributed by atoms with Gasteiger partial charge in [0.25, 0.3) is 0 Å². The highest BCUT2D eigenvalue weighted by atomic mass is 127. The van der Waals surface area contributed by atoms with E-state index in [0.717, 1.165) is 24.5 Å². The lowest BCUT2D eigenvalue weighted by Crippen LogP contribution is -2.40. The number of fused-ring (bicyclic) bond motifs is 1. The molecule has 0 unspecified atom stereocenters. The summed E-state index contributed by atoms with van der Waals surface area (Å²) < 4.78 is 16.6. The number of anilines is 1. The van der Waals surface area contributed by atoms with Crippen molar-refractivity contribution in [2.45, 2.75) is 19.9 Å². The van der Waals surface area contributed by atoms with Gasteiger partial charge in [0.15, 0.2) is 17.5 Å². The number of para-hydroxylation sites is 1. The molecule has 0 amide bonds. The normalized spacial score (nSPS) is 12.9. The van der Waals surface area contributed by atoms with E-state index >= 15 is 0 Å². The summed E-state index contributed by atoms with van der Waals surface area (Å²) in [5.41, 5.74) is 3.60. The lowest BCUT2D eigenvalue weighted by molar-refractivity contribution is 0.288. The molecule has 0 aromatic heterocycles. The van der Waals surface area contributed by atoms with Crippen LogP contribution in [0.5, 0.6) is 17.2 Å². The van der Waals surface area contributed by atoms with Gasteiger partial charge in [0, 0.05) is 25.8 Å². The number of ether oxygens (including phenoxy) is 3. The van der Waals surface area contributed by atoms with Crippen LogP contribution in [0.4, 0.5) is 5.69 Å². The molecule has 1 N–H and O–H groups in total. The zero-order chi connectivity index (χ0) is 19.2. The van der Waals surface area contributed by atoms with E-state index in [1.807, 2.05) is 26.1 Å². The third-order valence-corrected chi connectivity index (χ3v) is 4.61. The van der Waals surface area contributed by atoms with Crippen LogP contribution in [0.25, 0.3) is 0 Å². The Labute approximate surface area is 183 Å². The van der Waals surface area contributed by atoms with E-state index in [9.17, 15) is 0 Å². The monoisotopic (exact) mass is 497 g/mol. The summed E-state index contributed by atoms with van der Waals surface area (Å²) in [6.45, 7) is 4.01. The maximum absolute atomic E-state index is 5.67. The number of nitrogens with zero attached hydrogens (tertiary/aromatic N) is 2. The van der Waals surface area contributed by atoms with Crippen LogP contribution in [-0.4, -0.2) is 40.4 Å². The number of guanidine groups is 1. The molecule has 0 radical (unpaired) electrons. The van der Waals surface area contributed by atoms with E-state index in [-0.39, 0.29) is 24.0 Å². The van der Waals surface area contributed by atoms with Crippen molar-refractivity contribution in [1.82, 2.24) is 5.32 Å². The Morgan fingerprint density at radius 1 is 1.14 bits per heavy atom. The number of nitrogens with one attached hydrogen (secondary N) is 1. The molecule has 0 aliphatic carbocycles. The van der Waals surface area contributed by atoms with Gasteiger partial charge in [-0.05, 0) is 42.7 Å². The maximum atomic E-state index is 5.67. The molecule has 0 fully saturated rings. The van der Waals surface area contributed by atoms with E-state index in [4.69, 9.17) is 14.2 Å². The lowest BCUT2D eigenvalue weighted by Gasteiger charge is -2.23. The summed E-state index contributed by atoms with van der Waals surface area (Å²) in [6.07, 6.45) is 1.03. The van der Waals surface area contributed by atoms with Crippen LogP contribution in [-0.2, 0) is 13.0 Å². The molecule has 1 aliphatic rings. The average Bonchev–Trinajstić information content (AvgIpc) is 3.13. The van der Waals surface area contributed by atoms with Crippen molar-refractivity contribution >= 4 is 35.6 Å². The van der Waals surface area contributed by atoms with Crippen molar-refractivity contribution < 1.29 is 14.2 Å². The second-order valence-electron chi connectivity index (χ2n) is 6.19. The van der Waals surface area contributed by atoms with Gasteiger partial charge in [0.1, 0.15) is 0 Å². The van der Waals surface area contributed by atoms with Gasteiger partial charge in [-0.3, -0.25) is 4.99 Å². The van der Waals surface area contributed by atoms with Crippen molar-refractivity contribution in [3.63, 3.8) is 0 Å². The van der Waals surface area contributed by atoms with Crippen LogP contribution >= 0.6 is 24.0 Å². The van der Waals surface area contributed by atoms with Gasteiger partial charge in [0.05, 0.1) is 20.8 Å². The summed E-state index contributed by atoms with van der Waals surface area (Å²) in [5.74, 6) is 2.81. The average molecular weight is 497 g/mol. The van der Waals surface area contributed by atoms with Crippen molar-refractivity contribution in [2.24, 2.45) is 4.99 Å². The van der Waals surface area contributed by atoms with E-state index in [1.54, 1.807) is 14.2 Å². The number of rotatable bonds is 6. The fourth-order valence-electron chi connectivity index (χ4n) is 3.36. The van der Waals surface area contributed by atoms with Crippen molar-refractivity contribution in [3.05, 3.63) is 47.5 Å². The van der Waals surface area contributed by atoms with Crippen LogP contribution in [0.1, 0.15) is 18.1 Å². The van der Waals surface area contributed by atoms with E-state index in [2.05, 4.69) is 39.5 Å². The van der Waals surface area contributed by atoms with Crippen LogP contribution < -0.4 is 24.4 Å². The van der Waals surface area contributed by atoms with Crippen molar-refractivity contribution in [1.29, 1.82) is 0 Å². The first-order valence-corrected chi connectivity index (χ1v) is 9.15. The summed E-state index contributed by atoms with van der Waals surface area (Å²) in [7, 11) is 5.08.